The molecule has 2 rings (SSSR count). The van der Waals surface area contributed by atoms with Crippen LogP contribution in [0.25, 0.3) is 0 Å². The van der Waals surface area contributed by atoms with Crippen LogP contribution < -0.4 is 5.32 Å². The van der Waals surface area contributed by atoms with E-state index in [0.29, 0.717) is 17.1 Å². The van der Waals surface area contributed by atoms with E-state index < -0.39 is 0 Å². The number of nitrogens with zero attached hydrogens (tertiary/aromatic N) is 2. The molecule has 3 unspecified atom stereocenters. The second-order valence-electron chi connectivity index (χ2n) is 5.41. The highest BCUT2D eigenvalue weighted by Crippen LogP contribution is 2.34. The molecule has 0 spiro atoms. The molecule has 4 heteroatoms. The van der Waals surface area contributed by atoms with Gasteiger partial charge >= 0.3 is 0 Å². The van der Waals surface area contributed by atoms with Gasteiger partial charge in [-0.1, -0.05) is 38.8 Å². The molecule has 0 bridgehead atoms. The minimum Gasteiger partial charge on any atom is -0.367 e. The van der Waals surface area contributed by atoms with Crippen LogP contribution in [0.2, 0.25) is 5.15 Å². The molecule has 3 nitrogen and oxygen atoms in total. The predicted molar refractivity (Wildman–Crippen MR) is 76.0 cm³/mol. The van der Waals surface area contributed by atoms with Crippen LogP contribution in [0.1, 0.15) is 45.6 Å². The molecule has 1 heterocycles. The lowest BCUT2D eigenvalue weighted by Crippen LogP contribution is -2.25. The highest BCUT2D eigenvalue weighted by molar-refractivity contribution is 6.30. The summed E-state index contributed by atoms with van der Waals surface area (Å²) < 4.78 is 0. The molecule has 1 N–H and O–H groups in total. The van der Waals surface area contributed by atoms with Crippen LogP contribution in [0.4, 0.5) is 5.82 Å². The molecule has 0 saturated heterocycles. The van der Waals surface area contributed by atoms with E-state index in [-0.39, 0.29) is 0 Å². The Balaban J connectivity index is 2.16. The molecule has 1 saturated carbocycles. The largest absolute Gasteiger partial charge is 0.367 e. The van der Waals surface area contributed by atoms with Gasteiger partial charge in [0.2, 0.25) is 0 Å². The van der Waals surface area contributed by atoms with Gasteiger partial charge in [0, 0.05) is 11.6 Å². The van der Waals surface area contributed by atoms with Crippen molar-refractivity contribution < 1.29 is 0 Å². The van der Waals surface area contributed by atoms with Crippen molar-refractivity contribution in [1.82, 2.24) is 9.97 Å². The summed E-state index contributed by atoms with van der Waals surface area (Å²) in [5, 5.41) is 4.17. The first kappa shape index (κ1) is 13.6. The minimum absolute atomic E-state index is 0.515. The molecular formula is C14H22ClN3. The summed E-state index contributed by atoms with van der Waals surface area (Å²) in [6.45, 7) is 6.79. The van der Waals surface area contributed by atoms with Gasteiger partial charge in [-0.2, -0.15) is 0 Å². The SMILES string of the molecule is CCCc1c(Cl)ncnc1NC1CCC(C)C1C. The highest BCUT2D eigenvalue weighted by Gasteiger charge is 2.30. The average molecular weight is 268 g/mol. The van der Waals surface area contributed by atoms with Crippen molar-refractivity contribution in [2.24, 2.45) is 11.8 Å². The molecule has 100 valence electrons. The second-order valence-corrected chi connectivity index (χ2v) is 5.76. The number of anilines is 1. The molecule has 1 aromatic heterocycles. The average Bonchev–Trinajstić information content (AvgIpc) is 2.66. The smallest absolute Gasteiger partial charge is 0.137 e. The fourth-order valence-electron chi connectivity index (χ4n) is 2.73. The van der Waals surface area contributed by atoms with Gasteiger partial charge in [0.25, 0.3) is 0 Å². The summed E-state index contributed by atoms with van der Waals surface area (Å²) in [7, 11) is 0. The zero-order chi connectivity index (χ0) is 13.1. The number of halogens is 1. The van der Waals surface area contributed by atoms with E-state index in [2.05, 4.69) is 36.1 Å². The van der Waals surface area contributed by atoms with Crippen molar-refractivity contribution >= 4 is 17.4 Å². The Bertz CT molecular complexity index is 408. The van der Waals surface area contributed by atoms with Crippen molar-refractivity contribution in [3.63, 3.8) is 0 Å². The van der Waals surface area contributed by atoms with Crippen LogP contribution in [0.3, 0.4) is 0 Å². The fourth-order valence-corrected chi connectivity index (χ4v) is 2.96. The number of aromatic nitrogens is 2. The Morgan fingerprint density at radius 3 is 2.72 bits per heavy atom. The third-order valence-electron chi connectivity index (χ3n) is 4.18. The highest BCUT2D eigenvalue weighted by atomic mass is 35.5. The number of nitrogens with one attached hydrogen (secondary N) is 1. The zero-order valence-electron chi connectivity index (χ0n) is 11.4. The Kier molecular flexibility index (Phi) is 4.44. The standard InChI is InChI=1S/C14H22ClN3/c1-4-5-11-13(15)16-8-17-14(11)18-12-7-6-9(2)10(12)3/h8-10,12H,4-7H2,1-3H3,(H,16,17,18). The molecular weight excluding hydrogens is 246 g/mol. The van der Waals surface area contributed by atoms with Crippen LogP contribution in [0, 0.1) is 11.8 Å². The molecule has 1 fully saturated rings. The topological polar surface area (TPSA) is 37.8 Å². The number of rotatable bonds is 4. The van der Waals surface area contributed by atoms with E-state index in [9.17, 15) is 0 Å². The Hall–Kier alpha value is -0.830. The van der Waals surface area contributed by atoms with Crippen molar-refractivity contribution in [1.29, 1.82) is 0 Å². The van der Waals surface area contributed by atoms with E-state index in [0.717, 1.165) is 30.1 Å². The fraction of sp³-hybridized carbons (Fsp3) is 0.714. The summed E-state index contributed by atoms with van der Waals surface area (Å²) in [5.74, 6) is 2.41. The summed E-state index contributed by atoms with van der Waals surface area (Å²) >= 11 is 6.17. The van der Waals surface area contributed by atoms with Gasteiger partial charge in [-0.3, -0.25) is 0 Å². The normalized spacial score (nSPS) is 27.4. The Morgan fingerprint density at radius 1 is 1.33 bits per heavy atom. The van der Waals surface area contributed by atoms with Crippen LogP contribution in [0.15, 0.2) is 6.33 Å². The second kappa shape index (κ2) is 5.87. The maximum absolute atomic E-state index is 6.17. The molecule has 0 aromatic carbocycles. The molecule has 1 aromatic rings. The summed E-state index contributed by atoms with van der Waals surface area (Å²) in [6.07, 6.45) is 6.04. The van der Waals surface area contributed by atoms with Crippen molar-refractivity contribution in [2.75, 3.05) is 5.32 Å². The van der Waals surface area contributed by atoms with Gasteiger partial charge in [-0.25, -0.2) is 9.97 Å². The van der Waals surface area contributed by atoms with E-state index in [4.69, 9.17) is 11.6 Å². The molecule has 18 heavy (non-hydrogen) atoms. The lowest BCUT2D eigenvalue weighted by molar-refractivity contribution is 0.435. The van der Waals surface area contributed by atoms with Gasteiger partial charge < -0.3 is 5.32 Å². The molecule has 0 amide bonds. The third kappa shape index (κ3) is 2.77. The molecule has 1 aliphatic rings. The first-order valence-corrected chi connectivity index (χ1v) is 7.27. The summed E-state index contributed by atoms with van der Waals surface area (Å²) in [5.41, 5.74) is 1.06. The maximum Gasteiger partial charge on any atom is 0.137 e. The predicted octanol–water partition coefficient (Wildman–Crippen LogP) is 3.93. The maximum atomic E-state index is 6.17. The van der Waals surface area contributed by atoms with Gasteiger partial charge in [0.1, 0.15) is 17.3 Å². The van der Waals surface area contributed by atoms with Gasteiger partial charge in [0.05, 0.1) is 0 Å². The zero-order valence-corrected chi connectivity index (χ0v) is 12.2. The van der Waals surface area contributed by atoms with Crippen LogP contribution >= 0.6 is 11.6 Å². The van der Waals surface area contributed by atoms with Crippen LogP contribution in [0.5, 0.6) is 0 Å². The van der Waals surface area contributed by atoms with Gasteiger partial charge in [0.15, 0.2) is 0 Å². The minimum atomic E-state index is 0.515. The van der Waals surface area contributed by atoms with E-state index in [1.165, 1.54) is 12.8 Å². The number of hydrogen-bond donors (Lipinski definition) is 1. The monoisotopic (exact) mass is 267 g/mol. The lowest BCUT2D eigenvalue weighted by atomic mass is 9.97. The lowest BCUT2D eigenvalue weighted by Gasteiger charge is -2.21. The van der Waals surface area contributed by atoms with E-state index in [1.807, 2.05) is 0 Å². The van der Waals surface area contributed by atoms with Crippen molar-refractivity contribution in [3.8, 4) is 0 Å². The third-order valence-corrected chi connectivity index (χ3v) is 4.51. The Labute approximate surface area is 114 Å². The molecule has 0 aliphatic heterocycles. The van der Waals surface area contributed by atoms with Crippen molar-refractivity contribution in [3.05, 3.63) is 17.0 Å². The van der Waals surface area contributed by atoms with Crippen LogP contribution in [-0.2, 0) is 6.42 Å². The van der Waals surface area contributed by atoms with Gasteiger partial charge in [-0.05, 0) is 31.1 Å². The number of hydrogen-bond acceptors (Lipinski definition) is 3. The Morgan fingerprint density at radius 2 is 2.11 bits per heavy atom. The van der Waals surface area contributed by atoms with Crippen LogP contribution in [-0.4, -0.2) is 16.0 Å². The van der Waals surface area contributed by atoms with Gasteiger partial charge in [-0.15, -0.1) is 0 Å². The summed E-state index contributed by atoms with van der Waals surface area (Å²) in [6, 6.07) is 0.515. The van der Waals surface area contributed by atoms with Crippen molar-refractivity contribution in [2.45, 2.75) is 52.5 Å². The molecule has 3 atom stereocenters. The first-order valence-electron chi connectivity index (χ1n) is 6.89. The first-order chi connectivity index (χ1) is 8.63. The molecule has 1 aliphatic carbocycles. The summed E-state index contributed by atoms with van der Waals surface area (Å²) in [4.78, 5) is 8.46. The quantitative estimate of drug-likeness (QED) is 0.840. The molecule has 0 radical (unpaired) electrons. The van der Waals surface area contributed by atoms with E-state index in [1.54, 1.807) is 6.33 Å². The van der Waals surface area contributed by atoms with E-state index >= 15 is 0 Å².